The predicted molar refractivity (Wildman–Crippen MR) is 12.1 cm³/mol. The molecule has 0 fully saturated rings. The molecule has 0 atom stereocenters. The van der Waals surface area contributed by atoms with Crippen molar-refractivity contribution in [3.63, 3.8) is 0 Å². The first kappa shape index (κ1) is 8.92. The van der Waals surface area contributed by atoms with E-state index in [9.17, 15) is 0 Å². The van der Waals surface area contributed by atoms with Crippen LogP contribution in [0.4, 0.5) is 0 Å². The molecule has 0 aromatic rings. The Balaban J connectivity index is 0. The number of hydrogen-bond donors (Lipinski definition) is 0. The van der Waals surface area contributed by atoms with E-state index in [0.717, 1.165) is 0 Å². The molecule has 0 aliphatic heterocycles. The Hall–Kier alpha value is -0.890. The maximum atomic E-state index is 8.76. The standard InChI is InChI=1S/ClH.N3O2/c;1-2-3(4)5/h1H;/q;+1/p-1. The van der Waals surface area contributed by atoms with Crippen LogP contribution in [0.1, 0.15) is 0 Å². The van der Waals surface area contributed by atoms with Crippen molar-refractivity contribution in [2.75, 3.05) is 0 Å². The monoisotopic (exact) mass is 109 g/mol. The highest BCUT2D eigenvalue weighted by atomic mass is 35.5. The summed E-state index contributed by atoms with van der Waals surface area (Å²) in [6.45, 7) is 0. The van der Waals surface area contributed by atoms with Gasteiger partial charge in [-0.1, -0.05) is 0 Å². The minimum absolute atomic E-state index is 0. The number of halogens is 1. The first-order valence-electron chi connectivity index (χ1n) is 0.765. The number of nitro groups is 1. The fourth-order valence-electron chi connectivity index (χ4n) is 0. The van der Waals surface area contributed by atoms with Gasteiger partial charge in [-0.3, -0.25) is 10.1 Å². The van der Waals surface area contributed by atoms with Gasteiger partial charge in [0.1, 0.15) is 0 Å². The molecule has 0 aromatic carbocycles. The van der Waals surface area contributed by atoms with Gasteiger partial charge in [0.2, 0.25) is 0 Å². The Morgan fingerprint density at radius 1 is 1.83 bits per heavy atom. The largest absolute Gasteiger partial charge is 1.00 e. The fraction of sp³-hybridized carbons (Fsp3) is 0. The van der Waals surface area contributed by atoms with Crippen LogP contribution in [0.3, 0.4) is 0 Å². The highest BCUT2D eigenvalue weighted by Crippen LogP contribution is 1.57. The SMILES string of the molecule is N#[N+][N+](=O)[O-].[Cl-]. The van der Waals surface area contributed by atoms with Gasteiger partial charge in [0.15, 0.2) is 0 Å². The summed E-state index contributed by atoms with van der Waals surface area (Å²) in [6.07, 6.45) is 0. The van der Waals surface area contributed by atoms with E-state index in [4.69, 9.17) is 15.5 Å². The van der Waals surface area contributed by atoms with Crippen LogP contribution in [0.15, 0.2) is 0 Å². The van der Waals surface area contributed by atoms with Gasteiger partial charge in [0.05, 0.1) is 0 Å². The van der Waals surface area contributed by atoms with E-state index in [1.807, 2.05) is 0 Å². The lowest BCUT2D eigenvalue weighted by atomic mass is 12.7. The van der Waals surface area contributed by atoms with Crippen molar-refractivity contribution >= 4 is 0 Å². The van der Waals surface area contributed by atoms with E-state index < -0.39 is 5.03 Å². The molecule has 0 aliphatic carbocycles. The van der Waals surface area contributed by atoms with Gasteiger partial charge in [-0.2, -0.15) is 0 Å². The Labute approximate surface area is 39.1 Å². The molecule has 0 heterocycles. The minimum Gasteiger partial charge on any atom is -1.00 e. The molecule has 6 heavy (non-hydrogen) atoms. The Morgan fingerprint density at radius 2 is 2.00 bits per heavy atom. The fourth-order valence-corrected chi connectivity index (χ4v) is 0. The van der Waals surface area contributed by atoms with Crippen LogP contribution < -0.4 is 12.4 Å². The maximum absolute atomic E-state index is 8.76. The van der Waals surface area contributed by atoms with Crippen LogP contribution in [0, 0.1) is 15.5 Å². The van der Waals surface area contributed by atoms with Crippen LogP contribution in [0.5, 0.6) is 0 Å². The van der Waals surface area contributed by atoms with Crippen molar-refractivity contribution in [2.24, 2.45) is 0 Å². The molecule has 5 nitrogen and oxygen atoms in total. The van der Waals surface area contributed by atoms with E-state index in [0.29, 0.717) is 0 Å². The smallest absolute Gasteiger partial charge is 0.618 e. The van der Waals surface area contributed by atoms with Crippen molar-refractivity contribution in [1.82, 2.24) is 0 Å². The van der Waals surface area contributed by atoms with Crippen molar-refractivity contribution in [2.45, 2.75) is 0 Å². The van der Waals surface area contributed by atoms with Gasteiger partial charge >= 0.3 is 15.5 Å². The van der Waals surface area contributed by atoms with Gasteiger partial charge in [-0.15, -0.1) is 0 Å². The van der Waals surface area contributed by atoms with E-state index in [1.54, 1.807) is 5.08 Å². The normalized spacial score (nSPS) is 4.50. The van der Waals surface area contributed by atoms with Crippen molar-refractivity contribution < 1.29 is 17.4 Å². The minimum atomic E-state index is -1.19. The lowest BCUT2D eigenvalue weighted by Crippen LogP contribution is -3.00. The third-order valence-corrected chi connectivity index (χ3v) is 0.0730. The second-order valence-electron chi connectivity index (χ2n) is 0.327. The molecule has 6 heteroatoms. The molecule has 0 amide bonds. The van der Waals surface area contributed by atoms with Crippen LogP contribution in [-0.2, 0) is 0 Å². The zero-order chi connectivity index (χ0) is 4.28. The average molecular weight is 109 g/mol. The molecule has 0 saturated carbocycles. The first-order chi connectivity index (χ1) is 2.27. The van der Waals surface area contributed by atoms with Crippen LogP contribution in [-0.4, -0.2) is 5.03 Å². The summed E-state index contributed by atoms with van der Waals surface area (Å²) in [5.74, 6) is 0. The molecule has 0 N–H and O–H groups in total. The molecule has 34 valence electrons. The molecule has 0 rings (SSSR count). The van der Waals surface area contributed by atoms with E-state index in [-0.39, 0.29) is 12.4 Å². The number of diazo groups is 1. The van der Waals surface area contributed by atoms with Gasteiger partial charge < -0.3 is 12.4 Å². The molecular formula is ClN3O2. The molecular weight excluding hydrogens is 109 g/mol. The second kappa shape index (κ2) is 4.11. The van der Waals surface area contributed by atoms with E-state index in [2.05, 4.69) is 0 Å². The highest BCUT2D eigenvalue weighted by Gasteiger charge is 1.95. The molecule has 0 radical (unpaired) electrons. The number of hydrogen-bond acceptors (Lipinski definition) is 3. The molecule has 0 aliphatic rings. The van der Waals surface area contributed by atoms with Crippen molar-refractivity contribution in [3.8, 4) is 0 Å². The third kappa shape index (κ3) is 11.2. The van der Waals surface area contributed by atoms with Gasteiger partial charge in [0.25, 0.3) is 0 Å². The Bertz CT molecular complexity index is 81.3. The summed E-state index contributed by atoms with van der Waals surface area (Å²) in [5.41, 5.74) is 0. The second-order valence-corrected chi connectivity index (χ2v) is 0.327. The maximum Gasteiger partial charge on any atom is 0.618 e. The highest BCUT2D eigenvalue weighted by molar-refractivity contribution is 4.08. The molecule has 0 spiro atoms. The van der Waals surface area contributed by atoms with Crippen LogP contribution in [0.2, 0.25) is 0 Å². The number of rotatable bonds is 0. The van der Waals surface area contributed by atoms with E-state index in [1.165, 1.54) is 0 Å². The van der Waals surface area contributed by atoms with Crippen LogP contribution in [0.25, 0.3) is 5.08 Å². The average Bonchev–Trinajstić information content (AvgIpc) is 1.38. The van der Waals surface area contributed by atoms with Crippen LogP contribution >= 0.6 is 0 Å². The quantitative estimate of drug-likeness (QED) is 0.190. The Kier molecular flexibility index (Phi) is 6.11. The zero-order valence-corrected chi connectivity index (χ0v) is 3.29. The van der Waals surface area contributed by atoms with E-state index >= 15 is 0 Å². The van der Waals surface area contributed by atoms with Crippen molar-refractivity contribution in [1.29, 1.82) is 5.39 Å². The third-order valence-electron chi connectivity index (χ3n) is 0.0730. The summed E-state index contributed by atoms with van der Waals surface area (Å²) >= 11 is 0. The molecule has 0 saturated heterocycles. The molecule has 0 aromatic heterocycles. The summed E-state index contributed by atoms with van der Waals surface area (Å²) in [5, 5.41) is 16.2. The Morgan fingerprint density at radius 3 is 2.00 bits per heavy atom. The summed E-state index contributed by atoms with van der Waals surface area (Å²) in [7, 11) is 0. The lowest BCUT2D eigenvalue weighted by molar-refractivity contribution is -0.413. The van der Waals surface area contributed by atoms with Gasteiger partial charge in [0, 0.05) is 0 Å². The molecule has 0 bridgehead atoms. The van der Waals surface area contributed by atoms with Gasteiger partial charge in [-0.25, -0.2) is 0 Å². The zero-order valence-electron chi connectivity index (χ0n) is 2.54. The summed E-state index contributed by atoms with van der Waals surface area (Å²) < 4.78 is 0. The first-order valence-corrected chi connectivity index (χ1v) is 0.765. The summed E-state index contributed by atoms with van der Waals surface area (Å²) in [6, 6.07) is 0. The number of nitrogens with zero attached hydrogens (tertiary/aromatic N) is 3. The lowest BCUT2D eigenvalue weighted by Gasteiger charge is -1.45. The summed E-state index contributed by atoms with van der Waals surface area (Å²) in [4.78, 5) is 8.76. The predicted octanol–water partition coefficient (Wildman–Crippen LogP) is -2.96. The van der Waals surface area contributed by atoms with Gasteiger partial charge in [-0.05, 0) is 0 Å². The topological polar surface area (TPSA) is 71.3 Å². The molecule has 0 unspecified atom stereocenters. The van der Waals surface area contributed by atoms with Crippen molar-refractivity contribution in [3.05, 3.63) is 15.2 Å².